The summed E-state index contributed by atoms with van der Waals surface area (Å²) in [5.74, 6) is 0. The second-order valence-corrected chi connectivity index (χ2v) is 4.65. The molecule has 0 aliphatic heterocycles. The zero-order valence-corrected chi connectivity index (χ0v) is 11.3. The fourth-order valence-electron chi connectivity index (χ4n) is 1.75. The standard InChI is InChI=1S/C13H21N5/c1-4-17-7-5-12(15-17)9-14-10-13-6-8-18(16-13)11(2)3/h5-8,11,14H,4,9-10H2,1-3H3. The van der Waals surface area contributed by atoms with Crippen molar-refractivity contribution < 1.29 is 0 Å². The van der Waals surface area contributed by atoms with E-state index in [-0.39, 0.29) is 0 Å². The number of rotatable bonds is 6. The SMILES string of the molecule is CCn1ccc(CNCc2ccn(C(C)C)n2)n1. The number of nitrogens with one attached hydrogen (secondary N) is 1. The molecule has 2 aromatic rings. The van der Waals surface area contributed by atoms with Gasteiger partial charge in [0, 0.05) is 38.1 Å². The van der Waals surface area contributed by atoms with E-state index in [0.717, 1.165) is 31.0 Å². The van der Waals surface area contributed by atoms with Crippen LogP contribution in [0.1, 0.15) is 38.2 Å². The van der Waals surface area contributed by atoms with E-state index in [2.05, 4.69) is 42.4 Å². The predicted molar refractivity (Wildman–Crippen MR) is 71.1 cm³/mol. The Kier molecular flexibility index (Phi) is 4.15. The van der Waals surface area contributed by atoms with Crippen molar-refractivity contribution in [3.63, 3.8) is 0 Å². The van der Waals surface area contributed by atoms with Crippen LogP contribution in [0.2, 0.25) is 0 Å². The van der Waals surface area contributed by atoms with Crippen molar-refractivity contribution in [2.24, 2.45) is 0 Å². The smallest absolute Gasteiger partial charge is 0.0762 e. The monoisotopic (exact) mass is 247 g/mol. The first kappa shape index (κ1) is 12.8. The topological polar surface area (TPSA) is 47.7 Å². The zero-order chi connectivity index (χ0) is 13.0. The lowest BCUT2D eigenvalue weighted by molar-refractivity contribution is 0.520. The summed E-state index contributed by atoms with van der Waals surface area (Å²) in [5, 5.41) is 12.3. The number of nitrogens with zero attached hydrogens (tertiary/aromatic N) is 4. The van der Waals surface area contributed by atoms with Gasteiger partial charge in [0.25, 0.3) is 0 Å². The van der Waals surface area contributed by atoms with Crippen molar-refractivity contribution in [3.05, 3.63) is 35.9 Å². The number of hydrogen-bond donors (Lipinski definition) is 1. The molecule has 0 fully saturated rings. The Balaban J connectivity index is 1.80. The summed E-state index contributed by atoms with van der Waals surface area (Å²) in [6, 6.07) is 4.51. The first-order chi connectivity index (χ1) is 8.69. The maximum atomic E-state index is 4.49. The molecule has 98 valence electrons. The fourth-order valence-corrected chi connectivity index (χ4v) is 1.75. The Bertz CT molecular complexity index is 483. The summed E-state index contributed by atoms with van der Waals surface area (Å²) in [5.41, 5.74) is 2.14. The van der Waals surface area contributed by atoms with Crippen LogP contribution in [0.25, 0.3) is 0 Å². The number of aryl methyl sites for hydroxylation is 1. The molecule has 2 aromatic heterocycles. The van der Waals surface area contributed by atoms with Crippen LogP contribution in [0.3, 0.4) is 0 Å². The van der Waals surface area contributed by atoms with Crippen LogP contribution in [0, 0.1) is 0 Å². The van der Waals surface area contributed by atoms with Gasteiger partial charge in [0.1, 0.15) is 0 Å². The molecular weight excluding hydrogens is 226 g/mol. The fraction of sp³-hybridized carbons (Fsp3) is 0.538. The molecule has 2 heterocycles. The predicted octanol–water partition coefficient (Wildman–Crippen LogP) is 1.97. The Morgan fingerprint density at radius 1 is 1.11 bits per heavy atom. The van der Waals surface area contributed by atoms with Gasteiger partial charge in [0.15, 0.2) is 0 Å². The van der Waals surface area contributed by atoms with Gasteiger partial charge in [0.05, 0.1) is 11.4 Å². The lowest BCUT2D eigenvalue weighted by atomic mass is 10.4. The van der Waals surface area contributed by atoms with Crippen LogP contribution in [0.15, 0.2) is 24.5 Å². The van der Waals surface area contributed by atoms with Gasteiger partial charge in [-0.25, -0.2) is 0 Å². The van der Waals surface area contributed by atoms with E-state index in [0.29, 0.717) is 6.04 Å². The van der Waals surface area contributed by atoms with Crippen molar-refractivity contribution >= 4 is 0 Å². The van der Waals surface area contributed by atoms with E-state index in [1.807, 2.05) is 27.8 Å². The van der Waals surface area contributed by atoms with Gasteiger partial charge in [-0.15, -0.1) is 0 Å². The summed E-state index contributed by atoms with van der Waals surface area (Å²) in [7, 11) is 0. The van der Waals surface area contributed by atoms with Crippen LogP contribution < -0.4 is 5.32 Å². The Labute approximate surface area is 108 Å². The van der Waals surface area contributed by atoms with Crippen LogP contribution >= 0.6 is 0 Å². The molecule has 0 bridgehead atoms. The molecule has 1 N–H and O–H groups in total. The van der Waals surface area contributed by atoms with Gasteiger partial charge in [-0.05, 0) is 32.9 Å². The van der Waals surface area contributed by atoms with E-state index < -0.39 is 0 Å². The quantitative estimate of drug-likeness (QED) is 0.849. The van der Waals surface area contributed by atoms with Gasteiger partial charge >= 0.3 is 0 Å². The van der Waals surface area contributed by atoms with E-state index >= 15 is 0 Å². The van der Waals surface area contributed by atoms with Crippen molar-refractivity contribution in [2.45, 2.75) is 46.4 Å². The number of hydrogen-bond acceptors (Lipinski definition) is 3. The van der Waals surface area contributed by atoms with Gasteiger partial charge in [-0.2, -0.15) is 10.2 Å². The first-order valence-corrected chi connectivity index (χ1v) is 6.46. The molecule has 0 saturated carbocycles. The second kappa shape index (κ2) is 5.82. The Morgan fingerprint density at radius 2 is 1.78 bits per heavy atom. The van der Waals surface area contributed by atoms with Gasteiger partial charge in [0.2, 0.25) is 0 Å². The maximum Gasteiger partial charge on any atom is 0.0762 e. The van der Waals surface area contributed by atoms with E-state index in [1.54, 1.807) is 0 Å². The van der Waals surface area contributed by atoms with Gasteiger partial charge in [-0.3, -0.25) is 9.36 Å². The van der Waals surface area contributed by atoms with Gasteiger partial charge < -0.3 is 5.32 Å². The third-order valence-electron chi connectivity index (χ3n) is 2.82. The highest BCUT2D eigenvalue weighted by molar-refractivity contribution is 5.01. The Hall–Kier alpha value is -1.62. The summed E-state index contributed by atoms with van der Waals surface area (Å²) >= 11 is 0. The highest BCUT2D eigenvalue weighted by Gasteiger charge is 2.02. The van der Waals surface area contributed by atoms with Crippen molar-refractivity contribution in [1.29, 1.82) is 0 Å². The van der Waals surface area contributed by atoms with Crippen molar-refractivity contribution in [2.75, 3.05) is 0 Å². The maximum absolute atomic E-state index is 4.49. The molecule has 18 heavy (non-hydrogen) atoms. The normalized spacial score (nSPS) is 11.3. The lowest BCUT2D eigenvalue weighted by Gasteiger charge is -2.04. The highest BCUT2D eigenvalue weighted by Crippen LogP contribution is 2.04. The third-order valence-corrected chi connectivity index (χ3v) is 2.82. The lowest BCUT2D eigenvalue weighted by Crippen LogP contribution is -2.14. The van der Waals surface area contributed by atoms with Gasteiger partial charge in [-0.1, -0.05) is 0 Å². The van der Waals surface area contributed by atoms with Crippen LogP contribution in [-0.2, 0) is 19.6 Å². The molecule has 0 unspecified atom stereocenters. The Morgan fingerprint density at radius 3 is 2.33 bits per heavy atom. The largest absolute Gasteiger partial charge is 0.305 e. The average molecular weight is 247 g/mol. The third kappa shape index (κ3) is 3.20. The second-order valence-electron chi connectivity index (χ2n) is 4.65. The molecule has 0 amide bonds. The molecule has 5 nitrogen and oxygen atoms in total. The average Bonchev–Trinajstić information content (AvgIpc) is 2.97. The van der Waals surface area contributed by atoms with Crippen molar-refractivity contribution in [3.8, 4) is 0 Å². The number of aromatic nitrogens is 4. The molecule has 2 rings (SSSR count). The molecular formula is C13H21N5. The summed E-state index contributed by atoms with van der Waals surface area (Å²) < 4.78 is 3.91. The first-order valence-electron chi connectivity index (χ1n) is 6.46. The molecule has 5 heteroatoms. The van der Waals surface area contributed by atoms with Crippen LogP contribution in [0.4, 0.5) is 0 Å². The summed E-state index contributed by atoms with van der Waals surface area (Å²) in [4.78, 5) is 0. The molecule has 0 saturated heterocycles. The summed E-state index contributed by atoms with van der Waals surface area (Å²) in [6.07, 6.45) is 4.03. The highest BCUT2D eigenvalue weighted by atomic mass is 15.3. The minimum atomic E-state index is 0.416. The molecule has 0 aromatic carbocycles. The molecule has 0 aliphatic carbocycles. The zero-order valence-electron chi connectivity index (χ0n) is 11.3. The molecule has 0 spiro atoms. The summed E-state index contributed by atoms with van der Waals surface area (Å²) in [6.45, 7) is 8.81. The molecule has 0 aliphatic rings. The van der Waals surface area contributed by atoms with E-state index in [1.165, 1.54) is 0 Å². The van der Waals surface area contributed by atoms with Crippen LogP contribution in [0.5, 0.6) is 0 Å². The van der Waals surface area contributed by atoms with E-state index in [4.69, 9.17) is 0 Å². The minimum absolute atomic E-state index is 0.416. The van der Waals surface area contributed by atoms with Crippen molar-refractivity contribution in [1.82, 2.24) is 24.9 Å². The molecule has 0 radical (unpaired) electrons. The van der Waals surface area contributed by atoms with E-state index in [9.17, 15) is 0 Å². The van der Waals surface area contributed by atoms with Crippen LogP contribution in [-0.4, -0.2) is 19.6 Å². The molecule has 0 atom stereocenters. The minimum Gasteiger partial charge on any atom is -0.305 e.